The van der Waals surface area contributed by atoms with Crippen LogP contribution in [0.15, 0.2) is 23.1 Å². The molecule has 21 heavy (non-hydrogen) atoms. The Morgan fingerprint density at radius 1 is 1.24 bits per heavy atom. The molecule has 1 saturated carbocycles. The van der Waals surface area contributed by atoms with Crippen LogP contribution in [0.1, 0.15) is 18.4 Å². The number of benzene rings is 1. The van der Waals surface area contributed by atoms with E-state index in [-0.39, 0.29) is 22.9 Å². The third-order valence-corrected chi connectivity index (χ3v) is 5.82. The van der Waals surface area contributed by atoms with E-state index in [1.165, 1.54) is 23.4 Å². The minimum Gasteiger partial charge on any atom is -0.337 e. The maximum atomic E-state index is 13.3. The molecule has 1 aliphatic carbocycles. The molecule has 1 aliphatic heterocycles. The second kappa shape index (κ2) is 5.06. The molecule has 2 aliphatic rings. The number of nitrogens with zero attached hydrogens (tertiary/aromatic N) is 2. The van der Waals surface area contributed by atoms with Crippen molar-refractivity contribution in [2.24, 2.45) is 0 Å². The molecule has 0 bridgehead atoms. The van der Waals surface area contributed by atoms with Crippen molar-refractivity contribution in [3.05, 3.63) is 29.6 Å². The van der Waals surface area contributed by atoms with Gasteiger partial charge in [0.25, 0.3) is 0 Å². The van der Waals surface area contributed by atoms with Crippen LogP contribution in [-0.4, -0.2) is 49.2 Å². The van der Waals surface area contributed by atoms with Gasteiger partial charge >= 0.3 is 0 Å². The van der Waals surface area contributed by atoms with E-state index in [1.54, 1.807) is 4.90 Å². The lowest BCUT2D eigenvalue weighted by molar-refractivity contribution is -0.134. The number of sulfonamides is 1. The Bertz CT molecular complexity index is 685. The minimum atomic E-state index is -3.74. The van der Waals surface area contributed by atoms with Crippen molar-refractivity contribution in [3.8, 4) is 0 Å². The molecule has 0 aromatic heterocycles. The molecule has 0 unspecified atom stereocenters. The zero-order valence-corrected chi connectivity index (χ0v) is 12.6. The fraction of sp³-hybridized carbons (Fsp3) is 0.500. The molecule has 5 nitrogen and oxygen atoms in total. The summed E-state index contributed by atoms with van der Waals surface area (Å²) < 4.78 is 39.5. The number of carbonyl (C=O) groups excluding carboxylic acids is 1. The molecule has 1 amide bonds. The predicted molar refractivity (Wildman–Crippen MR) is 74.6 cm³/mol. The summed E-state index contributed by atoms with van der Waals surface area (Å²) in [6.07, 6.45) is 2.02. The van der Waals surface area contributed by atoms with Crippen molar-refractivity contribution in [1.82, 2.24) is 9.21 Å². The van der Waals surface area contributed by atoms with E-state index in [9.17, 15) is 17.6 Å². The highest BCUT2D eigenvalue weighted by Crippen LogP contribution is 2.29. The average Bonchev–Trinajstić information content (AvgIpc) is 3.26. The Labute approximate surface area is 123 Å². The summed E-state index contributed by atoms with van der Waals surface area (Å²) in [6, 6.07) is 4.00. The van der Waals surface area contributed by atoms with Crippen molar-refractivity contribution < 1.29 is 17.6 Å². The largest absolute Gasteiger partial charge is 0.337 e. The Morgan fingerprint density at radius 3 is 2.52 bits per heavy atom. The number of carbonyl (C=O) groups is 1. The summed E-state index contributed by atoms with van der Waals surface area (Å²) in [6.45, 7) is 2.11. The second-order valence-electron chi connectivity index (χ2n) is 5.57. The number of hydrogen-bond acceptors (Lipinski definition) is 3. The van der Waals surface area contributed by atoms with Gasteiger partial charge in [-0.05, 0) is 43.5 Å². The molecule has 0 radical (unpaired) electrons. The second-order valence-corrected chi connectivity index (χ2v) is 7.51. The first-order valence-corrected chi connectivity index (χ1v) is 8.39. The van der Waals surface area contributed by atoms with Crippen LogP contribution < -0.4 is 0 Å². The van der Waals surface area contributed by atoms with Crippen molar-refractivity contribution >= 4 is 15.9 Å². The lowest BCUT2D eigenvalue weighted by Gasteiger charge is -2.33. The van der Waals surface area contributed by atoms with Gasteiger partial charge in [0.05, 0.1) is 11.4 Å². The standard InChI is InChI=1S/C14H17FN2O3S/c1-10-8-12(4-5-13(10)15)21(19,20)16-6-7-17(11-2-3-11)14(18)9-16/h4-5,8,11H,2-3,6-7,9H2,1H3. The van der Waals surface area contributed by atoms with Gasteiger partial charge < -0.3 is 4.90 Å². The van der Waals surface area contributed by atoms with Gasteiger partial charge in [-0.15, -0.1) is 0 Å². The summed E-state index contributed by atoms with van der Waals surface area (Å²) in [7, 11) is -3.74. The Kier molecular flexibility index (Phi) is 3.49. The quantitative estimate of drug-likeness (QED) is 0.841. The maximum absolute atomic E-state index is 13.3. The molecule has 0 atom stereocenters. The fourth-order valence-corrected chi connectivity index (χ4v) is 4.04. The highest BCUT2D eigenvalue weighted by atomic mass is 32.2. The fourth-order valence-electron chi connectivity index (χ4n) is 2.57. The van der Waals surface area contributed by atoms with Gasteiger partial charge in [-0.1, -0.05) is 0 Å². The summed E-state index contributed by atoms with van der Waals surface area (Å²) in [5.41, 5.74) is 0.277. The summed E-state index contributed by atoms with van der Waals surface area (Å²) in [5.74, 6) is -0.588. The molecule has 1 saturated heterocycles. The lowest BCUT2D eigenvalue weighted by atomic mass is 10.2. The molecular formula is C14H17FN2O3S. The minimum absolute atomic E-state index is 0.0362. The highest BCUT2D eigenvalue weighted by molar-refractivity contribution is 7.89. The van der Waals surface area contributed by atoms with Gasteiger partial charge in [0, 0.05) is 19.1 Å². The number of aryl methyl sites for hydroxylation is 1. The number of amides is 1. The molecule has 114 valence electrons. The Balaban J connectivity index is 1.82. The Morgan fingerprint density at radius 2 is 1.95 bits per heavy atom. The molecule has 0 spiro atoms. The van der Waals surface area contributed by atoms with Crippen LogP contribution in [0.3, 0.4) is 0 Å². The molecule has 1 aromatic rings. The predicted octanol–water partition coefficient (Wildman–Crippen LogP) is 1.13. The summed E-state index contributed by atoms with van der Waals surface area (Å²) in [5, 5.41) is 0. The number of halogens is 1. The smallest absolute Gasteiger partial charge is 0.243 e. The highest BCUT2D eigenvalue weighted by Gasteiger charge is 2.39. The van der Waals surface area contributed by atoms with Gasteiger partial charge in [0.1, 0.15) is 5.82 Å². The molecule has 2 fully saturated rings. The number of piperazine rings is 1. The lowest BCUT2D eigenvalue weighted by Crippen LogP contribution is -2.52. The van der Waals surface area contributed by atoms with Gasteiger partial charge in [-0.25, -0.2) is 12.8 Å². The summed E-state index contributed by atoms with van der Waals surface area (Å²) in [4.78, 5) is 13.8. The topological polar surface area (TPSA) is 57.7 Å². The van der Waals surface area contributed by atoms with Crippen LogP contribution in [0.25, 0.3) is 0 Å². The maximum Gasteiger partial charge on any atom is 0.243 e. The third kappa shape index (κ3) is 2.67. The molecular weight excluding hydrogens is 295 g/mol. The first-order chi connectivity index (χ1) is 9.89. The first kappa shape index (κ1) is 14.5. The SMILES string of the molecule is Cc1cc(S(=O)(=O)N2CCN(C3CC3)C(=O)C2)ccc1F. The Hall–Kier alpha value is -1.47. The normalized spacial score (nSPS) is 20.9. The van der Waals surface area contributed by atoms with Gasteiger partial charge in [0.2, 0.25) is 15.9 Å². The molecule has 0 N–H and O–H groups in total. The number of rotatable bonds is 3. The molecule has 7 heteroatoms. The third-order valence-electron chi connectivity index (χ3n) is 3.98. The van der Waals surface area contributed by atoms with E-state index in [4.69, 9.17) is 0 Å². The van der Waals surface area contributed by atoms with Gasteiger partial charge in [-0.2, -0.15) is 4.31 Å². The van der Waals surface area contributed by atoms with E-state index in [0.29, 0.717) is 19.1 Å². The van der Waals surface area contributed by atoms with Crippen LogP contribution in [0.2, 0.25) is 0 Å². The van der Waals surface area contributed by atoms with E-state index in [1.807, 2.05) is 0 Å². The van der Waals surface area contributed by atoms with Crippen molar-refractivity contribution in [2.45, 2.75) is 30.7 Å². The van der Waals surface area contributed by atoms with Crippen molar-refractivity contribution in [2.75, 3.05) is 19.6 Å². The van der Waals surface area contributed by atoms with Crippen LogP contribution in [0.5, 0.6) is 0 Å². The van der Waals surface area contributed by atoms with E-state index >= 15 is 0 Å². The van der Waals surface area contributed by atoms with Gasteiger partial charge in [0.15, 0.2) is 0 Å². The van der Waals surface area contributed by atoms with E-state index in [2.05, 4.69) is 0 Å². The van der Waals surface area contributed by atoms with Gasteiger partial charge in [-0.3, -0.25) is 4.79 Å². The zero-order valence-electron chi connectivity index (χ0n) is 11.8. The van der Waals surface area contributed by atoms with Crippen LogP contribution in [-0.2, 0) is 14.8 Å². The van der Waals surface area contributed by atoms with Crippen LogP contribution >= 0.6 is 0 Å². The molecule has 1 heterocycles. The van der Waals surface area contributed by atoms with E-state index < -0.39 is 15.8 Å². The molecule has 1 aromatic carbocycles. The van der Waals surface area contributed by atoms with Crippen LogP contribution in [0, 0.1) is 12.7 Å². The summed E-state index contributed by atoms with van der Waals surface area (Å²) >= 11 is 0. The van der Waals surface area contributed by atoms with E-state index in [0.717, 1.165) is 18.9 Å². The van der Waals surface area contributed by atoms with Crippen molar-refractivity contribution in [1.29, 1.82) is 0 Å². The first-order valence-electron chi connectivity index (χ1n) is 6.95. The van der Waals surface area contributed by atoms with Crippen molar-refractivity contribution in [3.63, 3.8) is 0 Å². The average molecular weight is 312 g/mol. The number of hydrogen-bond donors (Lipinski definition) is 0. The monoisotopic (exact) mass is 312 g/mol. The molecule has 3 rings (SSSR count). The zero-order chi connectivity index (χ0) is 15.2. The van der Waals surface area contributed by atoms with Crippen LogP contribution in [0.4, 0.5) is 4.39 Å².